The Balaban J connectivity index is 2.67. The molecule has 0 saturated heterocycles. The minimum absolute atomic E-state index is 0.00871. The summed E-state index contributed by atoms with van der Waals surface area (Å²) in [6, 6.07) is 12.3. The molecule has 0 bridgehead atoms. The average molecular weight is 494 g/mol. The molecule has 0 aromatic heterocycles. The lowest BCUT2D eigenvalue weighted by Gasteiger charge is -2.34. The summed E-state index contributed by atoms with van der Waals surface area (Å²) in [6.45, 7) is 0. The Morgan fingerprint density at radius 2 is 1.34 bits per heavy atom. The maximum absolute atomic E-state index is 13.0. The van der Waals surface area contributed by atoms with Gasteiger partial charge in [-0.25, -0.2) is 0 Å². The molecular formula is C19H12Cl4O5S. The third-order valence-electron chi connectivity index (χ3n) is 4.44. The molecule has 0 radical (unpaired) electrons. The summed E-state index contributed by atoms with van der Waals surface area (Å²) in [6.07, 6.45) is 0. The smallest absolute Gasteiger partial charge is 0.283 e. The molecule has 3 aromatic rings. The van der Waals surface area contributed by atoms with Crippen molar-refractivity contribution in [2.75, 3.05) is 0 Å². The largest absolute Gasteiger partial charge is 0.504 e. The maximum Gasteiger partial charge on any atom is 0.283 e. The Morgan fingerprint density at radius 3 is 1.93 bits per heavy atom. The standard InChI is InChI=1S/C19H12Cl4O5S/c20-12-8-9-14(24)18(25)15(12)19(29(26,27)28,10-4-2-1-3-5-10)11-6-7-13(21)17(23)16(11)22/h1-9,24-25H,(H,26,27,28). The highest BCUT2D eigenvalue weighted by atomic mass is 35.5. The van der Waals surface area contributed by atoms with E-state index in [1.807, 2.05) is 0 Å². The number of phenols is 2. The molecular weight excluding hydrogens is 482 g/mol. The van der Waals surface area contributed by atoms with Crippen LogP contribution in [-0.2, 0) is 14.9 Å². The summed E-state index contributed by atoms with van der Waals surface area (Å²) in [4.78, 5) is 0. The van der Waals surface area contributed by atoms with Gasteiger partial charge in [-0.1, -0.05) is 82.8 Å². The summed E-state index contributed by atoms with van der Waals surface area (Å²) in [5, 5.41) is 20.0. The van der Waals surface area contributed by atoms with E-state index in [2.05, 4.69) is 0 Å². The Morgan fingerprint density at radius 1 is 0.759 bits per heavy atom. The van der Waals surface area contributed by atoms with Crippen LogP contribution in [0.4, 0.5) is 0 Å². The second kappa shape index (κ2) is 7.87. The third-order valence-corrected chi connectivity index (χ3v) is 7.48. The van der Waals surface area contributed by atoms with Crippen LogP contribution in [0.15, 0.2) is 54.6 Å². The number of phenolic OH excluding ortho intramolecular Hbond substituents is 2. The zero-order valence-electron chi connectivity index (χ0n) is 14.3. The zero-order chi connectivity index (χ0) is 21.6. The number of hydrogen-bond donors (Lipinski definition) is 3. The van der Waals surface area contributed by atoms with E-state index in [0.717, 1.165) is 6.07 Å². The molecule has 10 heteroatoms. The van der Waals surface area contributed by atoms with Crippen molar-refractivity contribution in [2.24, 2.45) is 0 Å². The van der Waals surface area contributed by atoms with Gasteiger partial charge in [-0.3, -0.25) is 4.55 Å². The van der Waals surface area contributed by atoms with Crippen LogP contribution >= 0.6 is 46.4 Å². The fourth-order valence-electron chi connectivity index (χ4n) is 3.21. The second-order valence-electron chi connectivity index (χ2n) is 6.04. The molecule has 0 aliphatic heterocycles. The molecule has 3 rings (SSSR count). The first-order valence-electron chi connectivity index (χ1n) is 7.91. The molecule has 0 heterocycles. The van der Waals surface area contributed by atoms with Crippen molar-refractivity contribution in [1.29, 1.82) is 0 Å². The van der Waals surface area contributed by atoms with Crippen LogP contribution in [0.25, 0.3) is 0 Å². The summed E-state index contributed by atoms with van der Waals surface area (Å²) >= 11 is 24.7. The van der Waals surface area contributed by atoms with E-state index in [1.165, 1.54) is 42.5 Å². The van der Waals surface area contributed by atoms with E-state index >= 15 is 0 Å². The van der Waals surface area contributed by atoms with Crippen LogP contribution in [-0.4, -0.2) is 23.2 Å². The summed E-state index contributed by atoms with van der Waals surface area (Å²) in [7, 11) is -5.14. The molecule has 3 N–H and O–H groups in total. The molecule has 0 spiro atoms. The molecule has 1 atom stereocenters. The van der Waals surface area contributed by atoms with Gasteiger partial charge in [0.05, 0.1) is 20.1 Å². The Bertz CT molecular complexity index is 1200. The lowest BCUT2D eigenvalue weighted by molar-refractivity contribution is 0.394. The van der Waals surface area contributed by atoms with Crippen molar-refractivity contribution >= 4 is 56.5 Å². The highest BCUT2D eigenvalue weighted by molar-refractivity contribution is 7.87. The molecule has 0 amide bonds. The van der Waals surface area contributed by atoms with Crippen LogP contribution in [0.1, 0.15) is 16.7 Å². The van der Waals surface area contributed by atoms with Gasteiger partial charge in [-0.15, -0.1) is 0 Å². The van der Waals surface area contributed by atoms with Crippen molar-refractivity contribution in [1.82, 2.24) is 0 Å². The first-order valence-corrected chi connectivity index (χ1v) is 10.9. The van der Waals surface area contributed by atoms with Crippen molar-refractivity contribution in [3.8, 4) is 11.5 Å². The number of aromatic hydroxyl groups is 2. The van der Waals surface area contributed by atoms with Crippen molar-refractivity contribution in [2.45, 2.75) is 4.75 Å². The lowest BCUT2D eigenvalue weighted by atomic mass is 9.83. The Kier molecular flexibility index (Phi) is 5.98. The molecule has 29 heavy (non-hydrogen) atoms. The molecule has 0 fully saturated rings. The number of halogens is 4. The van der Waals surface area contributed by atoms with Crippen LogP contribution in [0.3, 0.4) is 0 Å². The zero-order valence-corrected chi connectivity index (χ0v) is 18.1. The quantitative estimate of drug-likeness (QED) is 0.182. The first kappa shape index (κ1) is 22.0. The number of benzene rings is 3. The molecule has 1 unspecified atom stereocenters. The summed E-state index contributed by atoms with van der Waals surface area (Å²) < 4.78 is 33.9. The van der Waals surface area contributed by atoms with Gasteiger partial charge in [0.15, 0.2) is 16.2 Å². The molecule has 0 aliphatic rings. The first-order chi connectivity index (χ1) is 13.5. The van der Waals surface area contributed by atoms with Crippen molar-refractivity contribution in [3.63, 3.8) is 0 Å². The maximum atomic E-state index is 13.0. The van der Waals surface area contributed by atoms with Gasteiger partial charge >= 0.3 is 0 Å². The second-order valence-corrected chi connectivity index (χ2v) is 9.17. The molecule has 5 nitrogen and oxygen atoms in total. The highest BCUT2D eigenvalue weighted by Crippen LogP contribution is 2.54. The van der Waals surface area contributed by atoms with E-state index in [1.54, 1.807) is 6.07 Å². The Labute approximate surface area is 186 Å². The van der Waals surface area contributed by atoms with Gasteiger partial charge in [0, 0.05) is 11.1 Å². The molecule has 3 aromatic carbocycles. The van der Waals surface area contributed by atoms with Crippen LogP contribution in [0.5, 0.6) is 11.5 Å². The average Bonchev–Trinajstić information content (AvgIpc) is 2.67. The SMILES string of the molecule is O=S(=O)(O)C(c1ccccc1)(c1ccc(Cl)c(Cl)c1Cl)c1c(Cl)ccc(O)c1O. The van der Waals surface area contributed by atoms with Crippen LogP contribution < -0.4 is 0 Å². The monoisotopic (exact) mass is 492 g/mol. The topological polar surface area (TPSA) is 94.8 Å². The van der Waals surface area contributed by atoms with Gasteiger partial charge in [0.2, 0.25) is 0 Å². The van der Waals surface area contributed by atoms with Gasteiger partial charge in [-0.05, 0) is 23.8 Å². The van der Waals surface area contributed by atoms with E-state index in [-0.39, 0.29) is 31.2 Å². The van der Waals surface area contributed by atoms with Gasteiger partial charge in [0.1, 0.15) is 0 Å². The summed E-state index contributed by atoms with van der Waals surface area (Å²) in [5.41, 5.74) is -0.719. The van der Waals surface area contributed by atoms with Crippen LogP contribution in [0.2, 0.25) is 20.1 Å². The highest BCUT2D eigenvalue weighted by Gasteiger charge is 2.53. The summed E-state index contributed by atoms with van der Waals surface area (Å²) in [5.74, 6) is -1.49. The van der Waals surface area contributed by atoms with Crippen molar-refractivity contribution in [3.05, 3.63) is 91.4 Å². The molecule has 0 saturated carbocycles. The van der Waals surface area contributed by atoms with Gasteiger partial charge in [0.25, 0.3) is 10.1 Å². The van der Waals surface area contributed by atoms with E-state index in [4.69, 9.17) is 46.4 Å². The predicted molar refractivity (Wildman–Crippen MR) is 114 cm³/mol. The van der Waals surface area contributed by atoms with E-state index in [0.29, 0.717) is 0 Å². The predicted octanol–water partition coefficient (Wildman–Crippen LogP) is 5.89. The lowest BCUT2D eigenvalue weighted by Crippen LogP contribution is -2.39. The van der Waals surface area contributed by atoms with Gasteiger partial charge in [-0.2, -0.15) is 8.42 Å². The van der Waals surface area contributed by atoms with Crippen LogP contribution in [0, 0.1) is 0 Å². The number of hydrogen-bond acceptors (Lipinski definition) is 4. The Hall–Kier alpha value is -1.67. The third kappa shape index (κ3) is 3.44. The molecule has 152 valence electrons. The normalized spacial score (nSPS) is 13.8. The van der Waals surface area contributed by atoms with Crippen molar-refractivity contribution < 1.29 is 23.2 Å². The number of rotatable bonds is 4. The van der Waals surface area contributed by atoms with E-state index < -0.39 is 31.9 Å². The fraction of sp³-hybridized carbons (Fsp3) is 0.0526. The van der Waals surface area contributed by atoms with E-state index in [9.17, 15) is 23.2 Å². The molecule has 0 aliphatic carbocycles. The van der Waals surface area contributed by atoms with Gasteiger partial charge < -0.3 is 10.2 Å². The minimum atomic E-state index is -5.14. The fourth-order valence-corrected chi connectivity index (χ4v) is 5.64. The minimum Gasteiger partial charge on any atom is -0.504 e.